The molecule has 0 aromatic heterocycles. The summed E-state index contributed by atoms with van der Waals surface area (Å²) in [5, 5.41) is 0. The van der Waals surface area contributed by atoms with Gasteiger partial charge < -0.3 is 15.4 Å². The molecule has 0 aromatic carbocycles. The summed E-state index contributed by atoms with van der Waals surface area (Å²) in [7, 11) is -3.19. The molecule has 9 heteroatoms. The molecular weight excluding hydrogens is 294 g/mol. The van der Waals surface area contributed by atoms with Crippen LogP contribution in [0.1, 0.15) is 12.8 Å². The lowest BCUT2D eigenvalue weighted by Crippen LogP contribution is -2.45. The Morgan fingerprint density at radius 1 is 1.42 bits per heavy atom. The Balaban J connectivity index is 0.00000324. The maximum absolute atomic E-state index is 11.8. The van der Waals surface area contributed by atoms with Gasteiger partial charge in [-0.15, -0.1) is 12.4 Å². The van der Waals surface area contributed by atoms with E-state index < -0.39 is 16.1 Å². The molecule has 3 N–H and O–H groups in total. The molecule has 1 fully saturated rings. The first-order valence-corrected chi connectivity index (χ1v) is 7.86. The molecule has 1 unspecified atom stereocenters. The van der Waals surface area contributed by atoms with Crippen LogP contribution >= 0.6 is 12.4 Å². The summed E-state index contributed by atoms with van der Waals surface area (Å²) in [6.45, 7) is 2.03. The van der Waals surface area contributed by atoms with Crippen LogP contribution in [0.4, 0.5) is 0 Å². The third kappa shape index (κ3) is 7.68. The predicted molar refractivity (Wildman–Crippen MR) is 74.7 cm³/mol. The zero-order chi connectivity index (χ0) is 13.6. The predicted octanol–water partition coefficient (Wildman–Crippen LogP) is -1.08. The Morgan fingerprint density at radius 3 is 2.53 bits per heavy atom. The molecule has 1 aliphatic heterocycles. The molecule has 0 bridgehead atoms. The molecule has 1 amide bonds. The molecule has 1 heterocycles. The normalized spacial score (nSPS) is 17.1. The zero-order valence-electron chi connectivity index (χ0n) is 11.0. The zero-order valence-corrected chi connectivity index (χ0v) is 12.6. The molecule has 0 saturated carbocycles. The largest absolute Gasteiger partial charge is 0.378 e. The van der Waals surface area contributed by atoms with E-state index in [-0.39, 0.29) is 38.1 Å². The molecule has 0 radical (unpaired) electrons. The molecule has 19 heavy (non-hydrogen) atoms. The van der Waals surface area contributed by atoms with E-state index in [1.54, 1.807) is 4.90 Å². The second-order valence-corrected chi connectivity index (χ2v) is 6.21. The van der Waals surface area contributed by atoms with E-state index in [2.05, 4.69) is 4.72 Å². The fourth-order valence-corrected chi connectivity index (χ4v) is 2.21. The van der Waals surface area contributed by atoms with Crippen molar-refractivity contribution in [2.24, 2.45) is 5.73 Å². The lowest BCUT2D eigenvalue weighted by Gasteiger charge is -2.20. The van der Waals surface area contributed by atoms with Crippen molar-refractivity contribution in [1.82, 2.24) is 9.62 Å². The maximum atomic E-state index is 11.8. The lowest BCUT2D eigenvalue weighted by molar-refractivity contribution is -0.132. The van der Waals surface area contributed by atoms with Gasteiger partial charge in [-0.3, -0.25) is 4.79 Å². The summed E-state index contributed by atoms with van der Waals surface area (Å²) in [4.78, 5) is 13.5. The third-order valence-electron chi connectivity index (χ3n) is 2.64. The number of nitrogens with two attached hydrogens (primary N) is 1. The van der Waals surface area contributed by atoms with Gasteiger partial charge in [-0.1, -0.05) is 0 Å². The number of carbonyl (C=O) groups excluding carboxylic acids is 1. The first-order valence-electron chi connectivity index (χ1n) is 5.97. The van der Waals surface area contributed by atoms with Crippen molar-refractivity contribution in [3.05, 3.63) is 0 Å². The summed E-state index contributed by atoms with van der Waals surface area (Å²) in [6.07, 6.45) is 3.13. The molecule has 0 aromatic rings. The van der Waals surface area contributed by atoms with Gasteiger partial charge in [0.05, 0.1) is 19.5 Å². The van der Waals surface area contributed by atoms with Crippen molar-refractivity contribution in [2.75, 3.05) is 39.1 Å². The highest BCUT2D eigenvalue weighted by Gasteiger charge is 2.23. The number of nitrogens with one attached hydrogen (secondary N) is 1. The smallest absolute Gasteiger partial charge is 0.241 e. The van der Waals surface area contributed by atoms with Crippen molar-refractivity contribution in [2.45, 2.75) is 18.9 Å². The Bertz CT molecular complexity index is 371. The topological polar surface area (TPSA) is 102 Å². The summed E-state index contributed by atoms with van der Waals surface area (Å²) in [6, 6.07) is -0.665. The van der Waals surface area contributed by atoms with E-state index in [1.807, 2.05) is 0 Å². The standard InChI is InChI=1S/C10H21N3O4S.ClH/c1-18(15,16)12-4-7-17-8-9(11)10(14)13-5-2-3-6-13;/h9,12H,2-8,11H2,1H3;1H. The molecular formula is C10H22ClN3O4S. The van der Waals surface area contributed by atoms with Gasteiger partial charge in [-0.05, 0) is 12.8 Å². The number of nitrogens with zero attached hydrogens (tertiary/aromatic N) is 1. The summed E-state index contributed by atoms with van der Waals surface area (Å²) >= 11 is 0. The lowest BCUT2D eigenvalue weighted by atomic mass is 10.3. The van der Waals surface area contributed by atoms with Crippen LogP contribution in [0.2, 0.25) is 0 Å². The Morgan fingerprint density at radius 2 is 2.00 bits per heavy atom. The number of rotatable bonds is 7. The molecule has 1 rings (SSSR count). The number of hydrogen-bond acceptors (Lipinski definition) is 5. The minimum absolute atomic E-state index is 0. The highest BCUT2D eigenvalue weighted by Crippen LogP contribution is 2.08. The van der Waals surface area contributed by atoms with Crippen LogP contribution in [0.5, 0.6) is 0 Å². The molecule has 1 aliphatic rings. The number of amides is 1. The van der Waals surface area contributed by atoms with Gasteiger partial charge in [0.2, 0.25) is 15.9 Å². The van der Waals surface area contributed by atoms with E-state index in [0.717, 1.165) is 32.2 Å². The third-order valence-corrected chi connectivity index (χ3v) is 3.37. The van der Waals surface area contributed by atoms with E-state index >= 15 is 0 Å². The molecule has 1 atom stereocenters. The van der Waals surface area contributed by atoms with E-state index in [1.165, 1.54) is 0 Å². The van der Waals surface area contributed by atoms with Crippen molar-refractivity contribution < 1.29 is 17.9 Å². The number of ether oxygens (including phenoxy) is 1. The Hall–Kier alpha value is -0.410. The first kappa shape index (κ1) is 18.6. The summed E-state index contributed by atoms with van der Waals surface area (Å²) < 4.78 is 29.0. The van der Waals surface area contributed by atoms with Gasteiger partial charge in [0.25, 0.3) is 0 Å². The van der Waals surface area contributed by atoms with E-state index in [9.17, 15) is 13.2 Å². The number of halogens is 1. The van der Waals surface area contributed by atoms with Gasteiger partial charge >= 0.3 is 0 Å². The van der Waals surface area contributed by atoms with Crippen LogP contribution in [0.25, 0.3) is 0 Å². The van der Waals surface area contributed by atoms with Crippen molar-refractivity contribution >= 4 is 28.3 Å². The molecule has 0 aliphatic carbocycles. The Kier molecular flexibility index (Phi) is 8.51. The minimum atomic E-state index is -3.19. The van der Waals surface area contributed by atoms with E-state index in [0.29, 0.717) is 0 Å². The first-order chi connectivity index (χ1) is 8.40. The second-order valence-electron chi connectivity index (χ2n) is 4.38. The van der Waals surface area contributed by atoms with Gasteiger partial charge in [0.1, 0.15) is 6.04 Å². The average molecular weight is 316 g/mol. The maximum Gasteiger partial charge on any atom is 0.241 e. The van der Waals surface area contributed by atoms with Crippen LogP contribution in [-0.4, -0.2) is 64.4 Å². The van der Waals surface area contributed by atoms with E-state index in [4.69, 9.17) is 10.5 Å². The van der Waals surface area contributed by atoms with Crippen LogP contribution in [0.15, 0.2) is 0 Å². The summed E-state index contributed by atoms with van der Waals surface area (Å²) in [5.41, 5.74) is 5.71. The number of hydrogen-bond donors (Lipinski definition) is 2. The van der Waals surface area contributed by atoms with Crippen LogP contribution < -0.4 is 10.5 Å². The fraction of sp³-hybridized carbons (Fsp3) is 0.900. The van der Waals surface area contributed by atoms with Crippen LogP contribution in [0.3, 0.4) is 0 Å². The molecule has 7 nitrogen and oxygen atoms in total. The molecule has 114 valence electrons. The van der Waals surface area contributed by atoms with Gasteiger partial charge in [0.15, 0.2) is 0 Å². The van der Waals surface area contributed by atoms with Crippen LogP contribution in [0, 0.1) is 0 Å². The van der Waals surface area contributed by atoms with Crippen molar-refractivity contribution in [1.29, 1.82) is 0 Å². The van der Waals surface area contributed by atoms with Gasteiger partial charge in [-0.25, -0.2) is 13.1 Å². The minimum Gasteiger partial charge on any atom is -0.378 e. The molecule has 1 saturated heterocycles. The number of likely N-dealkylation sites (tertiary alicyclic amines) is 1. The quantitative estimate of drug-likeness (QED) is 0.582. The number of carbonyl (C=O) groups is 1. The van der Waals surface area contributed by atoms with Gasteiger partial charge in [-0.2, -0.15) is 0 Å². The monoisotopic (exact) mass is 315 g/mol. The summed E-state index contributed by atoms with van der Waals surface area (Å²) in [5.74, 6) is -0.0939. The second kappa shape index (κ2) is 8.70. The average Bonchev–Trinajstić information content (AvgIpc) is 2.79. The highest BCUT2D eigenvalue weighted by molar-refractivity contribution is 7.88. The van der Waals surface area contributed by atoms with Crippen molar-refractivity contribution in [3.63, 3.8) is 0 Å². The molecule has 0 spiro atoms. The Labute approximate surface area is 120 Å². The fourth-order valence-electron chi connectivity index (χ4n) is 1.75. The SMILES string of the molecule is CS(=O)(=O)NCCOCC(N)C(=O)N1CCCC1.Cl. The van der Waals surface area contributed by atoms with Gasteiger partial charge in [0, 0.05) is 19.6 Å². The highest BCUT2D eigenvalue weighted by atomic mass is 35.5. The number of sulfonamides is 1. The van der Waals surface area contributed by atoms with Crippen molar-refractivity contribution in [3.8, 4) is 0 Å². The van der Waals surface area contributed by atoms with Crippen LogP contribution in [-0.2, 0) is 19.6 Å².